The number of anilines is 2. The highest BCUT2D eigenvalue weighted by Gasteiger charge is 2.24. The van der Waals surface area contributed by atoms with Crippen molar-refractivity contribution in [3.63, 3.8) is 0 Å². The Balaban J connectivity index is 1.85. The maximum atomic E-state index is 5.92. The highest BCUT2D eigenvalue weighted by molar-refractivity contribution is 9.10. The van der Waals surface area contributed by atoms with Crippen LogP contribution < -0.4 is 10.6 Å². The molecule has 0 saturated carbocycles. The molecule has 1 aromatic carbocycles. The molecule has 1 unspecified atom stereocenters. The molecule has 1 aromatic heterocycles. The number of aromatic nitrogens is 2. The van der Waals surface area contributed by atoms with E-state index in [2.05, 4.69) is 75.0 Å². The summed E-state index contributed by atoms with van der Waals surface area (Å²) < 4.78 is 1.19. The van der Waals surface area contributed by atoms with Crippen molar-refractivity contribution in [3.8, 4) is 0 Å². The molecule has 1 aliphatic heterocycles. The number of piperidine rings is 1. The van der Waals surface area contributed by atoms with Gasteiger partial charge < -0.3 is 10.6 Å². The van der Waals surface area contributed by atoms with Crippen LogP contribution in [0.15, 0.2) is 34.8 Å². The molecule has 0 bridgehead atoms. The molecule has 3 rings (SSSR count). The molecule has 2 heterocycles. The lowest BCUT2D eigenvalue weighted by Gasteiger charge is -2.34. The highest BCUT2D eigenvalue weighted by atomic mass is 79.9. The fraction of sp³-hybridized carbons (Fsp3) is 0.444. The van der Waals surface area contributed by atoms with Gasteiger partial charge in [0.2, 0.25) is 5.95 Å². The minimum atomic E-state index is 0.350. The van der Waals surface area contributed by atoms with Gasteiger partial charge in [-0.2, -0.15) is 4.98 Å². The summed E-state index contributed by atoms with van der Waals surface area (Å²) in [6.07, 6.45) is 2.36. The Morgan fingerprint density at radius 1 is 1.26 bits per heavy atom. The summed E-state index contributed by atoms with van der Waals surface area (Å²) in [5, 5.41) is 0. The molecule has 1 saturated heterocycles. The molecule has 2 aromatic rings. The smallest absolute Gasteiger partial charge is 0.222 e. The Kier molecular flexibility index (Phi) is 4.85. The number of nitrogen functional groups attached to an aromatic ring is 1. The van der Waals surface area contributed by atoms with Crippen LogP contribution in [-0.2, 0) is 0 Å². The van der Waals surface area contributed by atoms with Gasteiger partial charge in [0.1, 0.15) is 5.82 Å². The van der Waals surface area contributed by atoms with Gasteiger partial charge in [-0.05, 0) is 30.4 Å². The zero-order valence-electron chi connectivity index (χ0n) is 13.7. The average Bonchev–Trinajstić information content (AvgIpc) is 2.55. The van der Waals surface area contributed by atoms with Crippen molar-refractivity contribution in [1.82, 2.24) is 9.97 Å². The second-order valence-electron chi connectivity index (χ2n) is 6.47. The molecule has 0 spiro atoms. The van der Waals surface area contributed by atoms with Crippen LogP contribution in [0.5, 0.6) is 0 Å². The average molecular weight is 375 g/mol. The van der Waals surface area contributed by atoms with E-state index >= 15 is 0 Å². The van der Waals surface area contributed by atoms with Crippen LogP contribution in [-0.4, -0.2) is 23.1 Å². The molecule has 1 atom stereocenters. The molecule has 1 fully saturated rings. The summed E-state index contributed by atoms with van der Waals surface area (Å²) in [5.74, 6) is 2.19. The molecule has 23 heavy (non-hydrogen) atoms. The first-order chi connectivity index (χ1) is 11.0. The van der Waals surface area contributed by atoms with Gasteiger partial charge in [-0.1, -0.05) is 48.0 Å². The van der Waals surface area contributed by atoms with E-state index in [4.69, 9.17) is 5.73 Å². The van der Waals surface area contributed by atoms with Crippen molar-refractivity contribution >= 4 is 27.7 Å². The van der Waals surface area contributed by atoms with E-state index in [-0.39, 0.29) is 0 Å². The maximum Gasteiger partial charge on any atom is 0.222 e. The quantitative estimate of drug-likeness (QED) is 0.868. The SMILES string of the molecule is CC(C)c1cc(N2CCCC(c3ccccc3Br)C2)nc(N)n1. The lowest BCUT2D eigenvalue weighted by atomic mass is 9.90. The zero-order chi connectivity index (χ0) is 16.4. The first-order valence-electron chi connectivity index (χ1n) is 8.18. The molecule has 0 radical (unpaired) electrons. The van der Waals surface area contributed by atoms with E-state index in [1.54, 1.807) is 0 Å². The number of rotatable bonds is 3. The van der Waals surface area contributed by atoms with Gasteiger partial charge in [0, 0.05) is 29.5 Å². The Morgan fingerprint density at radius 2 is 2.04 bits per heavy atom. The normalized spacial score (nSPS) is 18.4. The third-order valence-corrected chi connectivity index (χ3v) is 5.15. The Morgan fingerprint density at radius 3 is 2.78 bits per heavy atom. The van der Waals surface area contributed by atoms with Gasteiger partial charge >= 0.3 is 0 Å². The van der Waals surface area contributed by atoms with Crippen molar-refractivity contribution in [3.05, 3.63) is 46.1 Å². The van der Waals surface area contributed by atoms with Crippen molar-refractivity contribution in [1.29, 1.82) is 0 Å². The molecule has 1 aliphatic rings. The van der Waals surface area contributed by atoms with Gasteiger partial charge in [0.15, 0.2) is 0 Å². The van der Waals surface area contributed by atoms with Crippen LogP contribution in [0.4, 0.5) is 11.8 Å². The first-order valence-corrected chi connectivity index (χ1v) is 8.97. The first kappa shape index (κ1) is 16.2. The van der Waals surface area contributed by atoms with Crippen LogP contribution in [0.2, 0.25) is 0 Å². The van der Waals surface area contributed by atoms with Crippen molar-refractivity contribution in [2.24, 2.45) is 0 Å². The Hall–Kier alpha value is -1.62. The van der Waals surface area contributed by atoms with Gasteiger partial charge in [0.25, 0.3) is 0 Å². The summed E-state index contributed by atoms with van der Waals surface area (Å²) in [6, 6.07) is 10.6. The molecule has 5 heteroatoms. The lowest BCUT2D eigenvalue weighted by Crippen LogP contribution is -2.35. The molecule has 2 N–H and O–H groups in total. The standard InChI is InChI=1S/C18H23BrN4/c1-12(2)16-10-17(22-18(20)21-16)23-9-5-6-13(11-23)14-7-3-4-8-15(14)19/h3-4,7-8,10,12-13H,5-6,9,11H2,1-2H3,(H2,20,21,22). The van der Waals surface area contributed by atoms with Gasteiger partial charge in [-0.25, -0.2) is 4.98 Å². The van der Waals surface area contributed by atoms with Crippen LogP contribution in [0.1, 0.15) is 49.8 Å². The summed E-state index contributed by atoms with van der Waals surface area (Å²) >= 11 is 3.69. The summed E-state index contributed by atoms with van der Waals surface area (Å²) in [6.45, 7) is 6.25. The number of hydrogen-bond donors (Lipinski definition) is 1. The molecular weight excluding hydrogens is 352 g/mol. The maximum absolute atomic E-state index is 5.92. The fourth-order valence-electron chi connectivity index (χ4n) is 3.17. The topological polar surface area (TPSA) is 55.0 Å². The van der Waals surface area contributed by atoms with E-state index in [0.717, 1.165) is 31.0 Å². The minimum absolute atomic E-state index is 0.350. The molecular formula is C18H23BrN4. The molecule has 0 amide bonds. The molecule has 4 nitrogen and oxygen atoms in total. The largest absolute Gasteiger partial charge is 0.368 e. The van der Waals surface area contributed by atoms with E-state index in [1.165, 1.54) is 16.5 Å². The summed E-state index contributed by atoms with van der Waals surface area (Å²) in [7, 11) is 0. The fourth-order valence-corrected chi connectivity index (χ4v) is 3.78. The van der Waals surface area contributed by atoms with Gasteiger partial charge in [-0.15, -0.1) is 0 Å². The highest BCUT2D eigenvalue weighted by Crippen LogP contribution is 2.33. The van der Waals surface area contributed by atoms with Crippen molar-refractivity contribution in [2.75, 3.05) is 23.7 Å². The summed E-state index contributed by atoms with van der Waals surface area (Å²) in [4.78, 5) is 11.2. The number of nitrogens with two attached hydrogens (primary N) is 1. The van der Waals surface area contributed by atoms with Crippen LogP contribution in [0, 0.1) is 0 Å². The second-order valence-corrected chi connectivity index (χ2v) is 7.32. The van der Waals surface area contributed by atoms with Crippen LogP contribution in [0.25, 0.3) is 0 Å². The van der Waals surface area contributed by atoms with E-state index in [0.29, 0.717) is 17.8 Å². The Bertz CT molecular complexity index is 686. The van der Waals surface area contributed by atoms with Gasteiger partial charge in [0.05, 0.1) is 5.69 Å². The number of nitrogens with zero attached hydrogens (tertiary/aromatic N) is 3. The molecule has 0 aliphatic carbocycles. The molecule has 122 valence electrons. The zero-order valence-corrected chi connectivity index (χ0v) is 15.3. The summed E-state index contributed by atoms with van der Waals surface area (Å²) in [5.41, 5.74) is 8.31. The van der Waals surface area contributed by atoms with Crippen molar-refractivity contribution in [2.45, 2.75) is 38.5 Å². The predicted octanol–water partition coefficient (Wildman–Crippen LogP) is 4.33. The number of benzene rings is 1. The number of hydrogen-bond acceptors (Lipinski definition) is 4. The monoisotopic (exact) mass is 374 g/mol. The number of halogens is 1. The van der Waals surface area contributed by atoms with E-state index < -0.39 is 0 Å². The third-order valence-electron chi connectivity index (χ3n) is 4.43. The minimum Gasteiger partial charge on any atom is -0.368 e. The van der Waals surface area contributed by atoms with E-state index in [9.17, 15) is 0 Å². The predicted molar refractivity (Wildman–Crippen MR) is 98.9 cm³/mol. The van der Waals surface area contributed by atoms with Crippen LogP contribution in [0.3, 0.4) is 0 Å². The Labute approximate surface area is 146 Å². The third kappa shape index (κ3) is 3.66. The van der Waals surface area contributed by atoms with Crippen LogP contribution >= 0.6 is 15.9 Å². The van der Waals surface area contributed by atoms with Crippen molar-refractivity contribution < 1.29 is 0 Å². The van der Waals surface area contributed by atoms with Gasteiger partial charge in [-0.3, -0.25) is 0 Å². The van der Waals surface area contributed by atoms with E-state index in [1.807, 2.05) is 0 Å². The lowest BCUT2D eigenvalue weighted by molar-refractivity contribution is 0.505. The second kappa shape index (κ2) is 6.87.